The third kappa shape index (κ3) is 2.44. The molecule has 0 aliphatic carbocycles. The smallest absolute Gasteiger partial charge is 0.321 e. The van der Waals surface area contributed by atoms with E-state index in [-0.39, 0.29) is 0 Å². The molecule has 0 bridgehead atoms. The molecule has 2 rings (SSSR count). The number of nitrogens with zero attached hydrogens (tertiary/aromatic N) is 2. The van der Waals surface area contributed by atoms with Crippen LogP contribution < -0.4 is 10.5 Å². The van der Waals surface area contributed by atoms with E-state index in [1.165, 1.54) is 0 Å². The fourth-order valence-corrected chi connectivity index (χ4v) is 1.36. The SMILES string of the molecule is Nc1ccc(Br)c(Oc2ncccn2)c1. The highest BCUT2D eigenvalue weighted by atomic mass is 79.9. The van der Waals surface area contributed by atoms with E-state index in [0.717, 1.165) is 4.47 Å². The second kappa shape index (κ2) is 4.27. The van der Waals surface area contributed by atoms with Gasteiger partial charge in [0.15, 0.2) is 0 Å². The van der Waals surface area contributed by atoms with Crippen molar-refractivity contribution < 1.29 is 4.74 Å². The number of benzene rings is 1. The zero-order valence-electron chi connectivity index (χ0n) is 7.72. The largest absolute Gasteiger partial charge is 0.423 e. The standard InChI is InChI=1S/C10H8BrN3O/c11-8-3-2-7(12)6-9(8)15-10-13-4-1-5-14-10/h1-6H,12H2. The zero-order chi connectivity index (χ0) is 10.7. The minimum atomic E-state index is 0.295. The molecule has 0 unspecified atom stereocenters. The van der Waals surface area contributed by atoms with Gasteiger partial charge in [-0.3, -0.25) is 0 Å². The van der Waals surface area contributed by atoms with Gasteiger partial charge in [-0.2, -0.15) is 0 Å². The van der Waals surface area contributed by atoms with Gasteiger partial charge in [0, 0.05) is 24.1 Å². The number of anilines is 1. The number of hydrogen-bond donors (Lipinski definition) is 1. The summed E-state index contributed by atoms with van der Waals surface area (Å²) in [6.45, 7) is 0. The Bertz CT molecular complexity index is 461. The first-order valence-corrected chi connectivity index (χ1v) is 5.05. The Labute approximate surface area is 95.2 Å². The van der Waals surface area contributed by atoms with Gasteiger partial charge in [-0.25, -0.2) is 9.97 Å². The van der Waals surface area contributed by atoms with Crippen molar-refractivity contribution in [3.63, 3.8) is 0 Å². The lowest BCUT2D eigenvalue weighted by atomic mass is 10.3. The number of ether oxygens (including phenoxy) is 1. The van der Waals surface area contributed by atoms with Crippen LogP contribution in [0, 0.1) is 0 Å². The number of rotatable bonds is 2. The van der Waals surface area contributed by atoms with E-state index in [4.69, 9.17) is 10.5 Å². The summed E-state index contributed by atoms with van der Waals surface area (Å²) in [5.41, 5.74) is 6.27. The first-order valence-electron chi connectivity index (χ1n) is 4.25. The molecular weight excluding hydrogens is 258 g/mol. The van der Waals surface area contributed by atoms with Gasteiger partial charge in [-0.1, -0.05) is 0 Å². The van der Waals surface area contributed by atoms with Crippen LogP contribution in [0.2, 0.25) is 0 Å². The minimum Gasteiger partial charge on any atom is -0.423 e. The van der Waals surface area contributed by atoms with Crippen molar-refractivity contribution in [2.45, 2.75) is 0 Å². The van der Waals surface area contributed by atoms with Crippen molar-refractivity contribution in [2.24, 2.45) is 0 Å². The molecule has 0 fully saturated rings. The monoisotopic (exact) mass is 265 g/mol. The summed E-state index contributed by atoms with van der Waals surface area (Å²) >= 11 is 3.35. The fourth-order valence-electron chi connectivity index (χ4n) is 1.03. The summed E-state index contributed by atoms with van der Waals surface area (Å²) in [6.07, 6.45) is 3.23. The van der Waals surface area contributed by atoms with Crippen molar-refractivity contribution in [3.8, 4) is 11.8 Å². The van der Waals surface area contributed by atoms with Gasteiger partial charge in [-0.15, -0.1) is 0 Å². The third-order valence-corrected chi connectivity index (χ3v) is 2.35. The maximum absolute atomic E-state index is 5.64. The minimum absolute atomic E-state index is 0.295. The van der Waals surface area contributed by atoms with Gasteiger partial charge in [0.05, 0.1) is 4.47 Å². The van der Waals surface area contributed by atoms with Gasteiger partial charge in [0.1, 0.15) is 5.75 Å². The number of hydrogen-bond acceptors (Lipinski definition) is 4. The lowest BCUT2D eigenvalue weighted by molar-refractivity contribution is 0.439. The lowest BCUT2D eigenvalue weighted by Crippen LogP contribution is -1.92. The van der Waals surface area contributed by atoms with Crippen molar-refractivity contribution >= 4 is 21.6 Å². The molecule has 1 heterocycles. The number of nitrogen functional groups attached to an aromatic ring is 1. The van der Waals surface area contributed by atoms with E-state index in [2.05, 4.69) is 25.9 Å². The Hall–Kier alpha value is -1.62. The topological polar surface area (TPSA) is 61.0 Å². The first kappa shape index (κ1) is 9.92. The average Bonchev–Trinajstić information content (AvgIpc) is 2.25. The van der Waals surface area contributed by atoms with Crippen LogP contribution in [0.5, 0.6) is 11.8 Å². The zero-order valence-corrected chi connectivity index (χ0v) is 9.31. The van der Waals surface area contributed by atoms with Gasteiger partial charge in [0.2, 0.25) is 0 Å². The van der Waals surface area contributed by atoms with Crippen LogP contribution in [-0.4, -0.2) is 9.97 Å². The Balaban J connectivity index is 2.28. The molecule has 4 nitrogen and oxygen atoms in total. The second-order valence-electron chi connectivity index (χ2n) is 2.82. The van der Waals surface area contributed by atoms with Crippen LogP contribution in [0.1, 0.15) is 0 Å². The second-order valence-corrected chi connectivity index (χ2v) is 3.68. The molecule has 0 aliphatic rings. The molecule has 0 radical (unpaired) electrons. The summed E-state index contributed by atoms with van der Waals surface area (Å²) in [5, 5.41) is 0. The van der Waals surface area contributed by atoms with E-state index in [9.17, 15) is 0 Å². The summed E-state index contributed by atoms with van der Waals surface area (Å²) < 4.78 is 6.25. The van der Waals surface area contributed by atoms with E-state index in [0.29, 0.717) is 17.4 Å². The highest BCUT2D eigenvalue weighted by Gasteiger charge is 2.04. The van der Waals surface area contributed by atoms with Crippen molar-refractivity contribution in [3.05, 3.63) is 41.1 Å². The van der Waals surface area contributed by atoms with Gasteiger partial charge in [0.25, 0.3) is 0 Å². The van der Waals surface area contributed by atoms with Crippen LogP contribution in [-0.2, 0) is 0 Å². The normalized spacial score (nSPS) is 9.93. The molecule has 1 aromatic carbocycles. The van der Waals surface area contributed by atoms with E-state index < -0.39 is 0 Å². The summed E-state index contributed by atoms with van der Waals surface area (Å²) in [7, 11) is 0. The van der Waals surface area contributed by atoms with Crippen molar-refractivity contribution in [2.75, 3.05) is 5.73 Å². The van der Waals surface area contributed by atoms with Crippen LogP contribution >= 0.6 is 15.9 Å². The van der Waals surface area contributed by atoms with Crippen molar-refractivity contribution in [1.82, 2.24) is 9.97 Å². The Kier molecular flexibility index (Phi) is 2.82. The van der Waals surface area contributed by atoms with E-state index >= 15 is 0 Å². The molecule has 0 atom stereocenters. The Morgan fingerprint density at radius 3 is 2.67 bits per heavy atom. The van der Waals surface area contributed by atoms with E-state index in [1.54, 1.807) is 30.6 Å². The Morgan fingerprint density at radius 2 is 1.93 bits per heavy atom. The molecule has 15 heavy (non-hydrogen) atoms. The van der Waals surface area contributed by atoms with Crippen LogP contribution in [0.3, 0.4) is 0 Å². The molecule has 0 saturated heterocycles. The highest BCUT2D eigenvalue weighted by molar-refractivity contribution is 9.10. The van der Waals surface area contributed by atoms with Gasteiger partial charge in [-0.05, 0) is 34.1 Å². The fraction of sp³-hybridized carbons (Fsp3) is 0. The Morgan fingerprint density at radius 1 is 1.20 bits per heavy atom. The number of nitrogens with two attached hydrogens (primary N) is 1. The molecule has 0 spiro atoms. The van der Waals surface area contributed by atoms with Crippen LogP contribution in [0.15, 0.2) is 41.1 Å². The molecule has 0 amide bonds. The predicted octanol–water partition coefficient (Wildman–Crippen LogP) is 2.61. The van der Waals surface area contributed by atoms with Crippen LogP contribution in [0.4, 0.5) is 5.69 Å². The molecular formula is C10H8BrN3O. The maximum Gasteiger partial charge on any atom is 0.321 e. The maximum atomic E-state index is 5.64. The average molecular weight is 266 g/mol. The molecule has 0 saturated carbocycles. The molecule has 1 aromatic heterocycles. The molecule has 5 heteroatoms. The van der Waals surface area contributed by atoms with E-state index in [1.807, 2.05) is 6.07 Å². The summed E-state index contributed by atoms with van der Waals surface area (Å²) in [5.74, 6) is 0.598. The number of halogens is 1. The molecule has 76 valence electrons. The van der Waals surface area contributed by atoms with Crippen molar-refractivity contribution in [1.29, 1.82) is 0 Å². The lowest BCUT2D eigenvalue weighted by Gasteiger charge is -2.05. The summed E-state index contributed by atoms with van der Waals surface area (Å²) in [6, 6.07) is 7.32. The quantitative estimate of drug-likeness (QED) is 0.849. The molecule has 2 aromatic rings. The van der Waals surface area contributed by atoms with Gasteiger partial charge < -0.3 is 10.5 Å². The molecule has 0 aliphatic heterocycles. The third-order valence-electron chi connectivity index (χ3n) is 1.70. The molecule has 2 N–H and O–H groups in total. The predicted molar refractivity (Wildman–Crippen MR) is 60.7 cm³/mol. The highest BCUT2D eigenvalue weighted by Crippen LogP contribution is 2.29. The van der Waals surface area contributed by atoms with Gasteiger partial charge >= 0.3 is 6.01 Å². The van der Waals surface area contributed by atoms with Crippen LogP contribution in [0.25, 0.3) is 0 Å². The summed E-state index contributed by atoms with van der Waals surface area (Å²) in [4.78, 5) is 7.90. The first-order chi connectivity index (χ1) is 7.25. The number of aromatic nitrogens is 2.